The number of alkyl halides is 1. The number of allylic oxidation sites excluding steroid dienone is 8. The molecule has 0 aliphatic heterocycles. The van der Waals surface area contributed by atoms with E-state index in [0.717, 1.165) is 21.7 Å². The Labute approximate surface area is 161 Å². The molecular weight excluding hydrogens is 494 g/mol. The maximum absolute atomic E-state index is 2.71. The van der Waals surface area contributed by atoms with E-state index in [9.17, 15) is 0 Å². The van der Waals surface area contributed by atoms with Gasteiger partial charge in [0.1, 0.15) is 0 Å². The van der Waals surface area contributed by atoms with Crippen LogP contribution in [0.15, 0.2) is 44.6 Å². The predicted octanol–water partition coefficient (Wildman–Crippen LogP) is 6.77. The van der Waals surface area contributed by atoms with E-state index in [1.54, 1.807) is 9.15 Å². The highest BCUT2D eigenvalue weighted by atomic mass is 127. The van der Waals surface area contributed by atoms with E-state index in [0.29, 0.717) is 5.92 Å². The Balaban J connectivity index is 1.78. The lowest BCUT2D eigenvalue weighted by Crippen LogP contribution is -2.37. The minimum Gasteiger partial charge on any atom is -0.0873 e. The van der Waals surface area contributed by atoms with Gasteiger partial charge >= 0.3 is 0 Å². The molecule has 0 N–H and O–H groups in total. The molecule has 0 bridgehead atoms. The van der Waals surface area contributed by atoms with Gasteiger partial charge in [-0.1, -0.05) is 52.5 Å². The molecule has 0 spiro atoms. The van der Waals surface area contributed by atoms with Crippen LogP contribution in [-0.2, 0) is 0 Å². The van der Waals surface area contributed by atoms with Crippen LogP contribution in [0, 0.1) is 23.7 Å². The molecule has 2 heteroatoms. The number of fused-ring (bicyclic) bond motifs is 2. The third kappa shape index (κ3) is 2.51. The topological polar surface area (TPSA) is 0 Å². The van der Waals surface area contributed by atoms with Crippen LogP contribution in [0.4, 0.5) is 0 Å². The van der Waals surface area contributed by atoms with Crippen molar-refractivity contribution in [2.45, 2.75) is 49.4 Å². The largest absolute Gasteiger partial charge is 0.0873 e. The lowest BCUT2D eigenvalue weighted by molar-refractivity contribution is 0.282. The zero-order chi connectivity index (χ0) is 15.3. The number of hydrogen-bond donors (Lipinski definition) is 0. The first kappa shape index (κ1) is 15.9. The fourth-order valence-corrected chi connectivity index (χ4v) is 6.95. The quantitative estimate of drug-likeness (QED) is 0.204. The molecule has 0 saturated carbocycles. The van der Waals surface area contributed by atoms with E-state index in [2.05, 4.69) is 76.4 Å². The molecule has 0 nitrogen and oxygen atoms in total. The molecule has 0 heterocycles. The van der Waals surface area contributed by atoms with Crippen LogP contribution in [-0.4, -0.2) is 3.92 Å². The second kappa shape index (κ2) is 6.38. The molecule has 0 radical (unpaired) electrons. The third-order valence-corrected chi connectivity index (χ3v) is 9.04. The molecule has 0 aromatic rings. The third-order valence-electron chi connectivity index (χ3n) is 6.24. The number of hydrogen-bond acceptors (Lipinski definition) is 0. The predicted molar refractivity (Wildman–Crippen MR) is 111 cm³/mol. The second-order valence-electron chi connectivity index (χ2n) is 7.26. The van der Waals surface area contributed by atoms with E-state index >= 15 is 0 Å². The van der Waals surface area contributed by atoms with Crippen molar-refractivity contribution >= 4 is 45.2 Å². The summed E-state index contributed by atoms with van der Waals surface area (Å²) in [5.41, 5.74) is 5.40. The van der Waals surface area contributed by atoms with Crippen molar-refractivity contribution in [3.63, 3.8) is 0 Å². The molecule has 0 aromatic heterocycles. The van der Waals surface area contributed by atoms with E-state index in [1.165, 1.54) is 38.5 Å². The van der Waals surface area contributed by atoms with Crippen LogP contribution in [0.2, 0.25) is 0 Å². The lowest BCUT2D eigenvalue weighted by Gasteiger charge is -2.48. The van der Waals surface area contributed by atoms with Gasteiger partial charge in [-0.15, -0.1) is 0 Å². The molecule has 118 valence electrons. The number of rotatable bonds is 1. The van der Waals surface area contributed by atoms with Gasteiger partial charge in [0.25, 0.3) is 0 Å². The standard InChI is InChI=1S/C20H24I2/c1-2-18(21)14-7-4-6-13-15-9-10-19(22)16-8-3-5-12(20(15)16)11-17(13)14/h2,4,6,9,13-14,16-17,19H,3,5,7-8,10-11H2,1H3/b18-2+/t13?,14?,16-,17?,19?/m0/s1. The first-order valence-corrected chi connectivity index (χ1v) is 11.1. The van der Waals surface area contributed by atoms with Gasteiger partial charge in [-0.25, -0.2) is 0 Å². The van der Waals surface area contributed by atoms with Crippen LogP contribution in [0.25, 0.3) is 0 Å². The van der Waals surface area contributed by atoms with Crippen molar-refractivity contribution in [2.24, 2.45) is 23.7 Å². The van der Waals surface area contributed by atoms with Crippen molar-refractivity contribution < 1.29 is 0 Å². The summed E-state index contributed by atoms with van der Waals surface area (Å²) in [5.74, 6) is 3.14. The Bertz CT molecular complexity index is 593. The zero-order valence-electron chi connectivity index (χ0n) is 13.2. The highest BCUT2D eigenvalue weighted by Crippen LogP contribution is 2.56. The summed E-state index contributed by atoms with van der Waals surface area (Å²) in [5, 5.41) is 0. The van der Waals surface area contributed by atoms with Gasteiger partial charge < -0.3 is 0 Å². The smallest absolute Gasteiger partial charge is 0.0213 e. The average molecular weight is 518 g/mol. The first-order chi connectivity index (χ1) is 10.7. The minimum atomic E-state index is 0.701. The Kier molecular flexibility index (Phi) is 4.62. The minimum absolute atomic E-state index is 0.701. The first-order valence-electron chi connectivity index (χ1n) is 8.75. The van der Waals surface area contributed by atoms with Crippen molar-refractivity contribution in [3.8, 4) is 0 Å². The molecule has 4 unspecified atom stereocenters. The Hall–Kier alpha value is 0.420. The Morgan fingerprint density at radius 3 is 3.00 bits per heavy atom. The van der Waals surface area contributed by atoms with Gasteiger partial charge in [-0.2, -0.15) is 0 Å². The molecule has 22 heavy (non-hydrogen) atoms. The van der Waals surface area contributed by atoms with E-state index in [-0.39, 0.29) is 0 Å². The maximum Gasteiger partial charge on any atom is 0.0213 e. The van der Waals surface area contributed by atoms with Crippen molar-refractivity contribution in [3.05, 3.63) is 44.6 Å². The van der Waals surface area contributed by atoms with Crippen LogP contribution >= 0.6 is 45.2 Å². The van der Waals surface area contributed by atoms with Crippen molar-refractivity contribution in [2.75, 3.05) is 0 Å². The van der Waals surface area contributed by atoms with Gasteiger partial charge in [0, 0.05) is 9.84 Å². The van der Waals surface area contributed by atoms with Gasteiger partial charge in [0.05, 0.1) is 0 Å². The van der Waals surface area contributed by atoms with Gasteiger partial charge in [-0.3, -0.25) is 0 Å². The van der Waals surface area contributed by atoms with E-state index in [1.807, 2.05) is 11.1 Å². The normalized spacial score (nSPS) is 41.0. The van der Waals surface area contributed by atoms with Gasteiger partial charge in [0.2, 0.25) is 0 Å². The van der Waals surface area contributed by atoms with Crippen molar-refractivity contribution in [1.29, 1.82) is 0 Å². The number of halogens is 2. The Morgan fingerprint density at radius 2 is 2.18 bits per heavy atom. The van der Waals surface area contributed by atoms with Crippen LogP contribution in [0.3, 0.4) is 0 Å². The molecule has 0 saturated heterocycles. The van der Waals surface area contributed by atoms with Crippen molar-refractivity contribution in [1.82, 2.24) is 0 Å². The Morgan fingerprint density at radius 1 is 1.32 bits per heavy atom. The summed E-state index contributed by atoms with van der Waals surface area (Å²) in [6.45, 7) is 2.21. The fourth-order valence-electron chi connectivity index (χ4n) is 5.26. The highest BCUT2D eigenvalue weighted by molar-refractivity contribution is 14.1. The van der Waals surface area contributed by atoms with Gasteiger partial charge in [0.15, 0.2) is 0 Å². The van der Waals surface area contributed by atoms with Gasteiger partial charge in [-0.05, 0) is 101 Å². The van der Waals surface area contributed by atoms with E-state index < -0.39 is 0 Å². The summed E-state index contributed by atoms with van der Waals surface area (Å²) in [7, 11) is 0. The van der Waals surface area contributed by atoms with Crippen LogP contribution < -0.4 is 0 Å². The fraction of sp³-hybridized carbons (Fsp3) is 0.600. The summed E-state index contributed by atoms with van der Waals surface area (Å²) < 4.78 is 2.42. The molecule has 0 fully saturated rings. The molecule has 4 aliphatic rings. The van der Waals surface area contributed by atoms with Crippen LogP contribution in [0.1, 0.15) is 45.4 Å². The summed E-state index contributed by atoms with van der Waals surface area (Å²) in [6, 6.07) is 0. The molecule has 5 atom stereocenters. The second-order valence-corrected chi connectivity index (χ2v) is 10.1. The SMILES string of the molecule is C/C=C(/I)C1CC=CC2C3=CCC(I)[C@@H]4CCCC(=C34)CC21. The maximum atomic E-state index is 2.71. The molecular formula is C20H24I2. The summed E-state index contributed by atoms with van der Waals surface area (Å²) >= 11 is 5.31. The zero-order valence-corrected chi connectivity index (χ0v) is 17.5. The highest BCUT2D eigenvalue weighted by Gasteiger charge is 2.44. The molecule has 4 rings (SSSR count). The lowest BCUT2D eigenvalue weighted by atomic mass is 9.58. The average Bonchev–Trinajstić information content (AvgIpc) is 2.56. The monoisotopic (exact) mass is 518 g/mol. The summed E-state index contributed by atoms with van der Waals surface area (Å²) in [4.78, 5) is 0. The van der Waals surface area contributed by atoms with Crippen LogP contribution in [0.5, 0.6) is 0 Å². The van der Waals surface area contributed by atoms with E-state index in [4.69, 9.17) is 0 Å². The summed E-state index contributed by atoms with van der Waals surface area (Å²) in [6.07, 6.45) is 18.1. The molecule has 0 amide bonds. The molecule has 4 aliphatic carbocycles. The molecule has 0 aromatic carbocycles.